The van der Waals surface area contributed by atoms with E-state index < -0.39 is 17.9 Å². The fourth-order valence-corrected chi connectivity index (χ4v) is 1.64. The summed E-state index contributed by atoms with van der Waals surface area (Å²) in [5.74, 6) is -1.71. The van der Waals surface area contributed by atoms with Gasteiger partial charge in [-0.3, -0.25) is 9.59 Å². The van der Waals surface area contributed by atoms with Gasteiger partial charge in [0.05, 0.1) is 5.92 Å². The number of aliphatic carboxylic acids is 1. The third kappa shape index (κ3) is 5.94. The van der Waals surface area contributed by atoms with Crippen LogP contribution < -0.4 is 16.0 Å². The van der Waals surface area contributed by atoms with E-state index in [1.54, 1.807) is 31.2 Å². The minimum absolute atomic E-state index is 0.0711. The lowest BCUT2D eigenvalue weighted by Crippen LogP contribution is -2.35. The predicted molar refractivity (Wildman–Crippen MR) is 79.2 cm³/mol. The van der Waals surface area contributed by atoms with Gasteiger partial charge in [0, 0.05) is 24.8 Å². The van der Waals surface area contributed by atoms with E-state index in [-0.39, 0.29) is 12.5 Å². The van der Waals surface area contributed by atoms with E-state index in [0.29, 0.717) is 17.8 Å². The van der Waals surface area contributed by atoms with Crippen molar-refractivity contribution >= 4 is 29.3 Å². The Hall–Kier alpha value is -2.57. The molecule has 1 atom stereocenters. The quantitative estimate of drug-likeness (QED) is 0.642. The van der Waals surface area contributed by atoms with Crippen molar-refractivity contribution in [3.8, 4) is 0 Å². The molecule has 0 aliphatic rings. The molecule has 0 aliphatic carbocycles. The number of rotatable bonds is 6. The number of carbonyl (C=O) groups is 3. The summed E-state index contributed by atoms with van der Waals surface area (Å²) >= 11 is 0. The monoisotopic (exact) mass is 293 g/mol. The Bertz CT molecular complexity index is 513. The van der Waals surface area contributed by atoms with E-state index in [2.05, 4.69) is 16.0 Å². The summed E-state index contributed by atoms with van der Waals surface area (Å²) in [6.45, 7) is 3.23. The number of hydrogen-bond donors (Lipinski definition) is 4. The minimum Gasteiger partial charge on any atom is -0.481 e. The maximum Gasteiger partial charge on any atom is 0.319 e. The minimum atomic E-state index is -0.933. The van der Waals surface area contributed by atoms with Crippen LogP contribution in [0, 0.1) is 5.92 Å². The van der Waals surface area contributed by atoms with Gasteiger partial charge in [-0.15, -0.1) is 0 Å². The van der Waals surface area contributed by atoms with Crippen molar-refractivity contribution in [1.29, 1.82) is 0 Å². The summed E-state index contributed by atoms with van der Waals surface area (Å²) < 4.78 is 0. The Morgan fingerprint density at radius 2 is 1.62 bits per heavy atom. The molecule has 7 nitrogen and oxygen atoms in total. The summed E-state index contributed by atoms with van der Waals surface area (Å²) in [5.41, 5.74) is 1.18. The molecule has 0 radical (unpaired) electrons. The van der Waals surface area contributed by atoms with Gasteiger partial charge in [0.1, 0.15) is 0 Å². The Labute approximate surface area is 122 Å². The number of urea groups is 1. The van der Waals surface area contributed by atoms with E-state index in [9.17, 15) is 14.4 Å². The zero-order valence-corrected chi connectivity index (χ0v) is 12.0. The normalized spacial score (nSPS) is 11.3. The van der Waals surface area contributed by atoms with E-state index in [4.69, 9.17) is 5.11 Å². The summed E-state index contributed by atoms with van der Waals surface area (Å²) in [6.07, 6.45) is 0.445. The molecule has 21 heavy (non-hydrogen) atoms. The van der Waals surface area contributed by atoms with Crippen molar-refractivity contribution in [2.24, 2.45) is 5.92 Å². The van der Waals surface area contributed by atoms with Crippen molar-refractivity contribution in [1.82, 2.24) is 5.32 Å². The third-order valence-corrected chi connectivity index (χ3v) is 2.81. The molecule has 0 heterocycles. The smallest absolute Gasteiger partial charge is 0.319 e. The highest BCUT2D eigenvalue weighted by Crippen LogP contribution is 2.13. The van der Waals surface area contributed by atoms with E-state index in [1.807, 2.05) is 0 Å². The summed E-state index contributed by atoms with van der Waals surface area (Å²) in [4.78, 5) is 33.3. The van der Waals surface area contributed by atoms with Crippen molar-refractivity contribution in [2.75, 3.05) is 17.2 Å². The standard InChI is InChI=1S/C14H19N3O4/c1-3-10(13(19)20)8-15-14(21)17-12-6-4-11(5-7-12)16-9(2)18/h4-7,10H,3,8H2,1-2H3,(H,16,18)(H,19,20)(H2,15,17,21). The zero-order valence-electron chi connectivity index (χ0n) is 12.0. The van der Waals surface area contributed by atoms with Gasteiger partial charge in [-0.1, -0.05) is 6.92 Å². The highest BCUT2D eigenvalue weighted by Gasteiger charge is 2.15. The van der Waals surface area contributed by atoms with Crippen LogP contribution in [-0.2, 0) is 9.59 Å². The van der Waals surface area contributed by atoms with Gasteiger partial charge >= 0.3 is 12.0 Å². The molecule has 1 unspecified atom stereocenters. The number of amides is 3. The lowest BCUT2D eigenvalue weighted by Gasteiger charge is -2.12. The van der Waals surface area contributed by atoms with Gasteiger partial charge in [-0.05, 0) is 30.7 Å². The number of carboxylic acid groups (broad SMARTS) is 1. The van der Waals surface area contributed by atoms with Gasteiger partial charge in [0.2, 0.25) is 5.91 Å². The van der Waals surface area contributed by atoms with Gasteiger partial charge < -0.3 is 21.1 Å². The number of anilines is 2. The third-order valence-electron chi connectivity index (χ3n) is 2.81. The maximum atomic E-state index is 11.6. The number of carboxylic acids is 1. The molecule has 1 aromatic rings. The number of carbonyl (C=O) groups excluding carboxylic acids is 2. The van der Waals surface area contributed by atoms with E-state index in [0.717, 1.165) is 0 Å². The van der Waals surface area contributed by atoms with Crippen LogP contribution in [0.15, 0.2) is 24.3 Å². The van der Waals surface area contributed by atoms with Crippen LogP contribution in [0.4, 0.5) is 16.2 Å². The zero-order chi connectivity index (χ0) is 15.8. The summed E-state index contributed by atoms with van der Waals surface area (Å²) in [7, 11) is 0. The van der Waals surface area contributed by atoms with Crippen molar-refractivity contribution < 1.29 is 19.5 Å². The van der Waals surface area contributed by atoms with Crippen LogP contribution in [-0.4, -0.2) is 29.6 Å². The average molecular weight is 293 g/mol. The Kier molecular flexibility index (Phi) is 6.19. The fourth-order valence-electron chi connectivity index (χ4n) is 1.64. The van der Waals surface area contributed by atoms with Crippen LogP contribution in [0.2, 0.25) is 0 Å². The van der Waals surface area contributed by atoms with E-state index >= 15 is 0 Å². The Balaban J connectivity index is 2.47. The van der Waals surface area contributed by atoms with Crippen LogP contribution >= 0.6 is 0 Å². The van der Waals surface area contributed by atoms with Gasteiger partial charge in [-0.2, -0.15) is 0 Å². The molecule has 4 N–H and O–H groups in total. The first-order valence-corrected chi connectivity index (χ1v) is 6.57. The van der Waals surface area contributed by atoms with Crippen LogP contribution in [0.25, 0.3) is 0 Å². The van der Waals surface area contributed by atoms with Crippen LogP contribution in [0.1, 0.15) is 20.3 Å². The maximum absolute atomic E-state index is 11.6. The number of benzene rings is 1. The highest BCUT2D eigenvalue weighted by molar-refractivity contribution is 5.91. The first-order chi connectivity index (χ1) is 9.92. The second-order valence-corrected chi connectivity index (χ2v) is 4.54. The topological polar surface area (TPSA) is 108 Å². The molecular formula is C14H19N3O4. The van der Waals surface area contributed by atoms with E-state index in [1.165, 1.54) is 6.92 Å². The molecule has 0 aromatic heterocycles. The van der Waals surface area contributed by atoms with Crippen molar-refractivity contribution in [3.05, 3.63) is 24.3 Å². The second kappa shape index (κ2) is 7.88. The Morgan fingerprint density at radius 1 is 1.10 bits per heavy atom. The molecule has 0 saturated carbocycles. The Morgan fingerprint density at radius 3 is 2.05 bits per heavy atom. The molecule has 114 valence electrons. The molecule has 0 fully saturated rings. The molecular weight excluding hydrogens is 274 g/mol. The average Bonchev–Trinajstić information content (AvgIpc) is 2.40. The van der Waals surface area contributed by atoms with Gasteiger partial charge in [-0.25, -0.2) is 4.79 Å². The predicted octanol–water partition coefficient (Wildman–Crippen LogP) is 1.88. The second-order valence-electron chi connectivity index (χ2n) is 4.54. The summed E-state index contributed by atoms with van der Waals surface area (Å²) in [5, 5.41) is 16.6. The fraction of sp³-hybridized carbons (Fsp3) is 0.357. The van der Waals surface area contributed by atoms with Crippen molar-refractivity contribution in [3.63, 3.8) is 0 Å². The van der Waals surface area contributed by atoms with Crippen LogP contribution in [0.5, 0.6) is 0 Å². The van der Waals surface area contributed by atoms with Crippen LogP contribution in [0.3, 0.4) is 0 Å². The van der Waals surface area contributed by atoms with Gasteiger partial charge in [0.25, 0.3) is 0 Å². The molecule has 3 amide bonds. The first kappa shape index (κ1) is 16.5. The largest absolute Gasteiger partial charge is 0.481 e. The first-order valence-electron chi connectivity index (χ1n) is 6.57. The molecule has 1 aromatic carbocycles. The SMILES string of the molecule is CCC(CNC(=O)Nc1ccc(NC(C)=O)cc1)C(=O)O. The molecule has 0 saturated heterocycles. The highest BCUT2D eigenvalue weighted by atomic mass is 16.4. The number of hydrogen-bond acceptors (Lipinski definition) is 3. The molecule has 0 bridgehead atoms. The molecule has 0 spiro atoms. The molecule has 7 heteroatoms. The van der Waals surface area contributed by atoms with Crippen molar-refractivity contribution in [2.45, 2.75) is 20.3 Å². The summed E-state index contributed by atoms with van der Waals surface area (Å²) in [6, 6.07) is 6.12. The number of nitrogens with one attached hydrogen (secondary N) is 3. The lowest BCUT2D eigenvalue weighted by molar-refractivity contribution is -0.141. The lowest BCUT2D eigenvalue weighted by atomic mass is 10.1. The molecule has 0 aliphatic heterocycles. The molecule has 1 rings (SSSR count). The van der Waals surface area contributed by atoms with Gasteiger partial charge in [0.15, 0.2) is 0 Å².